The Morgan fingerprint density at radius 3 is 2.69 bits per heavy atom. The van der Waals surface area contributed by atoms with Crippen molar-refractivity contribution in [2.45, 2.75) is 13.1 Å². The van der Waals surface area contributed by atoms with E-state index in [0.29, 0.717) is 5.02 Å². The van der Waals surface area contributed by atoms with Crippen molar-refractivity contribution in [3.8, 4) is 0 Å². The van der Waals surface area contributed by atoms with Gasteiger partial charge in [-0.3, -0.25) is 0 Å². The Labute approximate surface area is 109 Å². The Balaban J connectivity index is 1.90. The largest absolute Gasteiger partial charge is 0.338 e. The maximum Gasteiger partial charge on any atom is 0.111 e. The van der Waals surface area contributed by atoms with Gasteiger partial charge in [-0.05, 0) is 23.6 Å². The minimum absolute atomic E-state index is 0.687. The molecule has 2 N–H and O–H groups in total. The molecule has 1 nitrogen and oxygen atoms in total. The lowest BCUT2D eigenvalue weighted by atomic mass is 10.2. The third-order valence-corrected chi connectivity index (χ3v) is 3.79. The number of halogens is 2. The molecule has 2 rings (SSSR count). The van der Waals surface area contributed by atoms with E-state index in [0.717, 1.165) is 23.7 Å². The summed E-state index contributed by atoms with van der Waals surface area (Å²) >= 11 is 13.7. The average molecular weight is 273 g/mol. The molecule has 1 aromatic carbocycles. The summed E-state index contributed by atoms with van der Waals surface area (Å²) in [5.41, 5.74) is 1.13. The minimum atomic E-state index is 0.687. The molecule has 0 saturated carbocycles. The van der Waals surface area contributed by atoms with Crippen LogP contribution in [0.25, 0.3) is 0 Å². The summed E-state index contributed by atoms with van der Waals surface area (Å²) in [6.45, 7) is 1.88. The van der Waals surface area contributed by atoms with Gasteiger partial charge in [0.25, 0.3) is 0 Å². The molecule has 0 radical (unpaired) electrons. The van der Waals surface area contributed by atoms with Crippen LogP contribution < -0.4 is 5.32 Å². The number of quaternary nitrogens is 1. The summed E-state index contributed by atoms with van der Waals surface area (Å²) in [4.78, 5) is 1.38. The van der Waals surface area contributed by atoms with Crippen molar-refractivity contribution >= 4 is 34.5 Å². The van der Waals surface area contributed by atoms with Gasteiger partial charge in [0, 0.05) is 10.6 Å². The number of nitrogens with two attached hydrogens (primary N) is 1. The van der Waals surface area contributed by atoms with Crippen LogP contribution in [0.5, 0.6) is 0 Å². The van der Waals surface area contributed by atoms with E-state index in [-0.39, 0.29) is 0 Å². The summed E-state index contributed by atoms with van der Waals surface area (Å²) in [5.74, 6) is 0. The zero-order chi connectivity index (χ0) is 11.4. The predicted molar refractivity (Wildman–Crippen MR) is 70.1 cm³/mol. The second kappa shape index (κ2) is 5.69. The van der Waals surface area contributed by atoms with Gasteiger partial charge in [0.15, 0.2) is 0 Å². The molecule has 4 heteroatoms. The molecule has 16 heavy (non-hydrogen) atoms. The highest BCUT2D eigenvalue weighted by molar-refractivity contribution is 7.09. The zero-order valence-electron chi connectivity index (χ0n) is 8.62. The van der Waals surface area contributed by atoms with E-state index < -0.39 is 0 Å². The summed E-state index contributed by atoms with van der Waals surface area (Å²) in [5, 5.41) is 5.77. The SMILES string of the molecule is Clc1ccc(C[NH2+]Cc2cccs2)c(Cl)c1. The van der Waals surface area contributed by atoms with Crippen LogP contribution in [-0.2, 0) is 13.1 Å². The second-order valence-electron chi connectivity index (χ2n) is 3.51. The first-order valence-corrected chi connectivity index (χ1v) is 6.67. The Kier molecular flexibility index (Phi) is 4.24. The van der Waals surface area contributed by atoms with Crippen LogP contribution in [0.4, 0.5) is 0 Å². The lowest BCUT2D eigenvalue weighted by Gasteiger charge is -2.03. The number of benzene rings is 1. The third-order valence-electron chi connectivity index (χ3n) is 2.30. The Bertz CT molecular complexity index is 454. The number of thiophene rings is 1. The maximum atomic E-state index is 6.09. The van der Waals surface area contributed by atoms with Crippen molar-refractivity contribution in [3.63, 3.8) is 0 Å². The third kappa shape index (κ3) is 3.22. The van der Waals surface area contributed by atoms with E-state index in [1.165, 1.54) is 4.88 Å². The first-order valence-electron chi connectivity index (χ1n) is 5.03. The minimum Gasteiger partial charge on any atom is -0.338 e. The van der Waals surface area contributed by atoms with Crippen LogP contribution >= 0.6 is 34.5 Å². The summed E-state index contributed by atoms with van der Waals surface area (Å²) in [7, 11) is 0. The molecular weight excluding hydrogens is 261 g/mol. The number of hydrogen-bond acceptors (Lipinski definition) is 1. The zero-order valence-corrected chi connectivity index (χ0v) is 10.9. The molecule has 0 aliphatic heterocycles. The number of rotatable bonds is 4. The van der Waals surface area contributed by atoms with Crippen LogP contribution in [0.2, 0.25) is 10.0 Å². The predicted octanol–water partition coefficient (Wildman–Crippen LogP) is 3.32. The monoisotopic (exact) mass is 272 g/mol. The summed E-state index contributed by atoms with van der Waals surface area (Å²) in [6, 6.07) is 9.86. The molecule has 0 spiro atoms. The van der Waals surface area contributed by atoms with E-state index in [2.05, 4.69) is 22.8 Å². The molecular formula is C12H12Cl2NS+. The molecule has 0 unspecified atom stereocenters. The lowest BCUT2D eigenvalue weighted by Crippen LogP contribution is -2.80. The van der Waals surface area contributed by atoms with E-state index in [1.54, 1.807) is 17.4 Å². The first kappa shape index (κ1) is 11.9. The molecule has 0 bridgehead atoms. The summed E-state index contributed by atoms with van der Waals surface area (Å²) < 4.78 is 0. The van der Waals surface area contributed by atoms with Gasteiger partial charge in [0.05, 0.1) is 9.90 Å². The van der Waals surface area contributed by atoms with Crippen molar-refractivity contribution in [1.29, 1.82) is 0 Å². The fourth-order valence-electron chi connectivity index (χ4n) is 1.49. The highest BCUT2D eigenvalue weighted by atomic mass is 35.5. The molecule has 0 atom stereocenters. The fraction of sp³-hybridized carbons (Fsp3) is 0.167. The van der Waals surface area contributed by atoms with E-state index in [1.807, 2.05) is 12.1 Å². The maximum absolute atomic E-state index is 6.09. The van der Waals surface area contributed by atoms with Crippen LogP contribution in [0.15, 0.2) is 35.7 Å². The molecule has 0 fully saturated rings. The van der Waals surface area contributed by atoms with E-state index in [4.69, 9.17) is 23.2 Å². The Morgan fingerprint density at radius 2 is 2.00 bits per heavy atom. The summed E-state index contributed by atoms with van der Waals surface area (Å²) in [6.07, 6.45) is 0. The van der Waals surface area contributed by atoms with Crippen LogP contribution in [-0.4, -0.2) is 0 Å². The van der Waals surface area contributed by atoms with Gasteiger partial charge in [-0.2, -0.15) is 0 Å². The molecule has 2 aromatic rings. The molecule has 0 saturated heterocycles. The van der Waals surface area contributed by atoms with Gasteiger partial charge in [0.2, 0.25) is 0 Å². The molecule has 0 aliphatic rings. The van der Waals surface area contributed by atoms with E-state index in [9.17, 15) is 0 Å². The normalized spacial score (nSPS) is 10.6. The topological polar surface area (TPSA) is 16.6 Å². The molecule has 84 valence electrons. The molecule has 1 heterocycles. The standard InChI is InChI=1S/C12H11Cl2NS/c13-10-4-3-9(12(14)6-10)7-15-8-11-2-1-5-16-11/h1-6,15H,7-8H2/p+1. The Morgan fingerprint density at radius 1 is 1.12 bits per heavy atom. The van der Waals surface area contributed by atoms with Crippen LogP contribution in [0.1, 0.15) is 10.4 Å². The van der Waals surface area contributed by atoms with Crippen molar-refractivity contribution < 1.29 is 5.32 Å². The smallest absolute Gasteiger partial charge is 0.111 e. The van der Waals surface area contributed by atoms with Crippen molar-refractivity contribution in [1.82, 2.24) is 0 Å². The molecule has 0 aliphatic carbocycles. The van der Waals surface area contributed by atoms with Crippen molar-refractivity contribution in [3.05, 3.63) is 56.2 Å². The number of hydrogen-bond donors (Lipinski definition) is 1. The highest BCUT2D eigenvalue weighted by Gasteiger charge is 2.03. The lowest BCUT2D eigenvalue weighted by molar-refractivity contribution is -0.685. The molecule has 1 aromatic heterocycles. The van der Waals surface area contributed by atoms with Gasteiger partial charge in [-0.15, -0.1) is 11.3 Å². The average Bonchev–Trinajstić information content (AvgIpc) is 2.74. The Hall–Kier alpha value is -0.540. The van der Waals surface area contributed by atoms with E-state index >= 15 is 0 Å². The van der Waals surface area contributed by atoms with Crippen LogP contribution in [0, 0.1) is 0 Å². The fourth-order valence-corrected chi connectivity index (χ4v) is 2.67. The van der Waals surface area contributed by atoms with Gasteiger partial charge in [0.1, 0.15) is 13.1 Å². The van der Waals surface area contributed by atoms with Crippen molar-refractivity contribution in [2.75, 3.05) is 0 Å². The first-order chi connectivity index (χ1) is 7.75. The van der Waals surface area contributed by atoms with Gasteiger partial charge in [-0.25, -0.2) is 0 Å². The molecule has 0 amide bonds. The van der Waals surface area contributed by atoms with Gasteiger partial charge >= 0.3 is 0 Å². The van der Waals surface area contributed by atoms with Gasteiger partial charge < -0.3 is 5.32 Å². The quantitative estimate of drug-likeness (QED) is 0.880. The van der Waals surface area contributed by atoms with Crippen molar-refractivity contribution in [2.24, 2.45) is 0 Å². The van der Waals surface area contributed by atoms with Gasteiger partial charge in [-0.1, -0.05) is 35.3 Å². The second-order valence-corrected chi connectivity index (χ2v) is 5.39. The highest BCUT2D eigenvalue weighted by Crippen LogP contribution is 2.20. The van der Waals surface area contributed by atoms with Crippen LogP contribution in [0.3, 0.4) is 0 Å².